The fraction of sp³-hybridized carbons (Fsp3) is 0.444. The Morgan fingerprint density at radius 2 is 1.69 bits per heavy atom. The van der Waals surface area contributed by atoms with Crippen molar-refractivity contribution in [1.29, 1.82) is 0 Å². The van der Waals surface area contributed by atoms with Crippen LogP contribution < -0.4 is 20.7 Å². The zero-order chi connectivity index (χ0) is 29.0. The van der Waals surface area contributed by atoms with Crippen molar-refractivity contribution in [2.24, 2.45) is 11.3 Å². The molecule has 1 aliphatic carbocycles. The van der Waals surface area contributed by atoms with Crippen molar-refractivity contribution in [3.63, 3.8) is 0 Å². The predicted octanol–water partition coefficient (Wildman–Crippen LogP) is 5.67. The maximum Gasteiger partial charge on any atom is 0.272 e. The predicted molar refractivity (Wildman–Crippen MR) is 139 cm³/mol. The van der Waals surface area contributed by atoms with E-state index in [0.29, 0.717) is 24.9 Å². The quantitative estimate of drug-likeness (QED) is 0.286. The monoisotopic (exact) mass is 571 g/mol. The summed E-state index contributed by atoms with van der Waals surface area (Å²) in [5, 5.41) is 7.88. The number of amides is 3. The van der Waals surface area contributed by atoms with Gasteiger partial charge in [-0.1, -0.05) is 17.7 Å². The summed E-state index contributed by atoms with van der Waals surface area (Å²) >= 11 is 6.20. The summed E-state index contributed by atoms with van der Waals surface area (Å²) in [6, 6.07) is 8.37. The maximum absolute atomic E-state index is 13.8. The van der Waals surface area contributed by atoms with E-state index in [2.05, 4.69) is 16.0 Å². The lowest BCUT2D eigenvalue weighted by atomic mass is 9.85. The van der Waals surface area contributed by atoms with Gasteiger partial charge in [-0.15, -0.1) is 0 Å². The first-order valence-electron chi connectivity index (χ1n) is 12.3. The molecule has 1 saturated carbocycles. The van der Waals surface area contributed by atoms with Crippen molar-refractivity contribution in [3.05, 3.63) is 58.1 Å². The molecule has 0 atom stereocenters. The van der Waals surface area contributed by atoms with E-state index >= 15 is 0 Å². The fourth-order valence-corrected chi connectivity index (χ4v) is 3.58. The number of carbonyl (C=O) groups is 3. The first-order chi connectivity index (χ1) is 18.2. The molecule has 0 spiro atoms. The van der Waals surface area contributed by atoms with Crippen molar-refractivity contribution < 1.29 is 36.7 Å². The van der Waals surface area contributed by atoms with E-state index in [1.165, 1.54) is 36.4 Å². The van der Waals surface area contributed by atoms with Crippen LogP contribution in [0.3, 0.4) is 0 Å². The molecule has 0 aromatic heterocycles. The third-order valence-electron chi connectivity index (χ3n) is 6.49. The summed E-state index contributed by atoms with van der Waals surface area (Å²) in [6.45, 7) is 2.34. The molecule has 2 aromatic carbocycles. The maximum atomic E-state index is 13.8. The molecule has 0 heterocycles. The van der Waals surface area contributed by atoms with E-state index in [1.807, 2.05) is 0 Å². The molecule has 212 valence electrons. The number of carbonyl (C=O) groups excluding carboxylic acids is 3. The highest BCUT2D eigenvalue weighted by molar-refractivity contribution is 6.34. The van der Waals surface area contributed by atoms with Gasteiger partial charge in [0.15, 0.2) is 0 Å². The second-order valence-corrected chi connectivity index (χ2v) is 10.4. The van der Waals surface area contributed by atoms with Gasteiger partial charge in [0.25, 0.3) is 24.2 Å². The largest absolute Gasteiger partial charge is 0.487 e. The molecule has 3 rings (SSSR count). The lowest BCUT2D eigenvalue weighted by Crippen LogP contribution is -2.47. The highest BCUT2D eigenvalue weighted by Gasteiger charge is 2.47. The summed E-state index contributed by atoms with van der Waals surface area (Å²) in [5.41, 5.74) is -1.33. The first kappa shape index (κ1) is 30.2. The van der Waals surface area contributed by atoms with Gasteiger partial charge < -0.3 is 20.7 Å². The Kier molecular flexibility index (Phi) is 9.47. The van der Waals surface area contributed by atoms with Crippen molar-refractivity contribution in [2.75, 3.05) is 18.5 Å². The average Bonchev–Trinajstić information content (AvgIpc) is 3.69. The second-order valence-electron chi connectivity index (χ2n) is 10.0. The number of benzene rings is 2. The van der Waals surface area contributed by atoms with Crippen LogP contribution in [-0.2, 0) is 11.3 Å². The van der Waals surface area contributed by atoms with Crippen LogP contribution in [-0.4, -0.2) is 43.2 Å². The van der Waals surface area contributed by atoms with Gasteiger partial charge in [0.2, 0.25) is 5.91 Å². The van der Waals surface area contributed by atoms with Crippen LogP contribution in [0.4, 0.5) is 23.2 Å². The van der Waals surface area contributed by atoms with E-state index in [-0.39, 0.29) is 34.1 Å². The van der Waals surface area contributed by atoms with Crippen LogP contribution >= 0.6 is 11.6 Å². The Hall–Kier alpha value is -3.34. The SMILES string of the molecule is CC(F)(F)C(C)(C)C(=O)NCc1ccc(Cl)c(C(=O)Nc2ccc(OCC(F)F)c(C(=O)NCC3CC3)c2)c1. The zero-order valence-electron chi connectivity index (χ0n) is 21.7. The minimum atomic E-state index is -3.25. The molecule has 3 N–H and O–H groups in total. The number of hydrogen-bond acceptors (Lipinski definition) is 4. The summed E-state index contributed by atoms with van der Waals surface area (Å²) < 4.78 is 58.0. The van der Waals surface area contributed by atoms with Crippen LogP contribution in [0.5, 0.6) is 5.75 Å². The number of ether oxygens (including phenoxy) is 1. The van der Waals surface area contributed by atoms with Gasteiger partial charge in [0, 0.05) is 25.7 Å². The number of rotatable bonds is 12. The molecule has 0 radical (unpaired) electrons. The highest BCUT2D eigenvalue weighted by atomic mass is 35.5. The number of alkyl halides is 4. The Morgan fingerprint density at radius 3 is 2.31 bits per heavy atom. The minimum Gasteiger partial charge on any atom is -0.487 e. The Balaban J connectivity index is 1.75. The Labute approximate surface area is 228 Å². The van der Waals surface area contributed by atoms with Crippen molar-refractivity contribution >= 4 is 35.0 Å². The molecule has 0 saturated heterocycles. The second kappa shape index (κ2) is 12.2. The summed E-state index contributed by atoms with van der Waals surface area (Å²) in [4.78, 5) is 38.0. The zero-order valence-corrected chi connectivity index (χ0v) is 22.4. The normalized spacial score (nSPS) is 13.7. The molecule has 0 aliphatic heterocycles. The van der Waals surface area contributed by atoms with E-state index in [9.17, 15) is 31.9 Å². The topological polar surface area (TPSA) is 96.5 Å². The van der Waals surface area contributed by atoms with Gasteiger partial charge in [-0.2, -0.15) is 0 Å². The molecule has 12 heteroatoms. The molecule has 3 amide bonds. The number of hydrogen-bond donors (Lipinski definition) is 3. The van der Waals surface area contributed by atoms with Gasteiger partial charge in [0.1, 0.15) is 17.8 Å². The molecule has 2 aromatic rings. The number of anilines is 1. The Morgan fingerprint density at radius 1 is 1.00 bits per heavy atom. The average molecular weight is 572 g/mol. The van der Waals surface area contributed by atoms with Crippen LogP contribution in [0, 0.1) is 11.3 Å². The van der Waals surface area contributed by atoms with E-state index in [1.54, 1.807) is 0 Å². The molecule has 0 unspecified atom stereocenters. The van der Waals surface area contributed by atoms with Crippen molar-refractivity contribution in [3.8, 4) is 5.75 Å². The third kappa shape index (κ3) is 8.08. The highest BCUT2D eigenvalue weighted by Crippen LogP contribution is 2.36. The van der Waals surface area contributed by atoms with Crippen LogP contribution in [0.15, 0.2) is 36.4 Å². The summed E-state index contributed by atoms with van der Waals surface area (Å²) in [6.07, 6.45) is -0.745. The smallest absolute Gasteiger partial charge is 0.272 e. The van der Waals surface area contributed by atoms with Gasteiger partial charge in [-0.25, -0.2) is 17.6 Å². The molecular formula is C27H30ClF4N3O4. The van der Waals surface area contributed by atoms with Crippen LogP contribution in [0.25, 0.3) is 0 Å². The number of nitrogens with one attached hydrogen (secondary N) is 3. The molecule has 39 heavy (non-hydrogen) atoms. The molecule has 1 aliphatic rings. The van der Waals surface area contributed by atoms with E-state index in [0.717, 1.165) is 26.7 Å². The van der Waals surface area contributed by atoms with Gasteiger partial charge in [0.05, 0.1) is 16.1 Å². The fourth-order valence-electron chi connectivity index (χ4n) is 3.38. The van der Waals surface area contributed by atoms with E-state index < -0.39 is 42.1 Å². The lowest BCUT2D eigenvalue weighted by molar-refractivity contribution is -0.151. The molecule has 1 fully saturated rings. The van der Waals surface area contributed by atoms with Crippen LogP contribution in [0.1, 0.15) is 59.9 Å². The number of halogens is 5. The summed E-state index contributed by atoms with van der Waals surface area (Å²) in [7, 11) is 0. The van der Waals surface area contributed by atoms with Crippen molar-refractivity contribution in [1.82, 2.24) is 10.6 Å². The van der Waals surface area contributed by atoms with Crippen LogP contribution in [0.2, 0.25) is 5.02 Å². The molecular weight excluding hydrogens is 542 g/mol. The minimum absolute atomic E-state index is 0.0213. The first-order valence-corrected chi connectivity index (χ1v) is 12.7. The summed E-state index contributed by atoms with van der Waals surface area (Å²) in [5.74, 6) is -4.98. The molecule has 7 nitrogen and oxygen atoms in total. The van der Waals surface area contributed by atoms with Gasteiger partial charge in [-0.3, -0.25) is 14.4 Å². The Bertz CT molecular complexity index is 1230. The van der Waals surface area contributed by atoms with Crippen molar-refractivity contribution in [2.45, 2.75) is 52.5 Å². The third-order valence-corrected chi connectivity index (χ3v) is 6.82. The molecule has 0 bridgehead atoms. The van der Waals surface area contributed by atoms with Gasteiger partial charge >= 0.3 is 0 Å². The standard InChI is InChI=1S/C27H30ClF4N3O4/c1-26(2,27(3,31)32)25(38)34-13-16-6-8-20(28)18(10-16)24(37)35-17-7-9-21(39-14-22(29)30)19(11-17)23(36)33-12-15-4-5-15/h6-11,15,22H,4-5,12-14H2,1-3H3,(H,33,36)(H,34,38)(H,35,37). The van der Waals surface area contributed by atoms with Gasteiger partial charge in [-0.05, 0) is 68.5 Å². The van der Waals surface area contributed by atoms with E-state index in [4.69, 9.17) is 16.3 Å². The lowest BCUT2D eigenvalue weighted by Gasteiger charge is -2.29.